The van der Waals surface area contributed by atoms with Crippen LogP contribution in [-0.2, 0) is 28.9 Å². The molecule has 0 fully saturated rings. The predicted molar refractivity (Wildman–Crippen MR) is 89.5 cm³/mol. The summed E-state index contributed by atoms with van der Waals surface area (Å²) in [5.41, 5.74) is 2.01. The molecule has 0 unspecified atom stereocenters. The van der Waals surface area contributed by atoms with E-state index in [1.807, 2.05) is 6.07 Å². The first-order chi connectivity index (χ1) is 11.6. The van der Waals surface area contributed by atoms with Crippen molar-refractivity contribution in [2.75, 3.05) is 6.61 Å². The Hall–Kier alpha value is -2.21. The first-order valence-corrected chi connectivity index (χ1v) is 8.73. The van der Waals surface area contributed by atoms with Crippen LogP contribution in [0.5, 0.6) is 0 Å². The van der Waals surface area contributed by atoms with E-state index in [9.17, 15) is 14.0 Å². The second kappa shape index (κ2) is 7.57. The molecule has 1 heterocycles. The third-order valence-corrected chi connectivity index (χ3v) is 5.15. The number of rotatable bonds is 5. The number of ether oxygens (including phenoxy) is 1. The van der Waals surface area contributed by atoms with Crippen LogP contribution >= 0.6 is 11.3 Å². The van der Waals surface area contributed by atoms with E-state index < -0.39 is 5.97 Å². The molecular formula is C18H18FNO3S. The van der Waals surface area contributed by atoms with Crippen LogP contribution in [0, 0.1) is 5.82 Å². The smallest absolute Gasteiger partial charge is 0.348 e. The van der Waals surface area contributed by atoms with Crippen LogP contribution in [0.3, 0.4) is 0 Å². The Balaban J connectivity index is 1.46. The number of fused-ring (bicyclic) bond motifs is 1. The molecule has 24 heavy (non-hydrogen) atoms. The fourth-order valence-corrected chi connectivity index (χ4v) is 3.79. The summed E-state index contributed by atoms with van der Waals surface area (Å²) in [5.74, 6) is -1.15. The van der Waals surface area contributed by atoms with Gasteiger partial charge in [0.15, 0.2) is 6.61 Å². The molecule has 0 aliphatic heterocycles. The zero-order valence-corrected chi connectivity index (χ0v) is 14.0. The highest BCUT2D eigenvalue weighted by Gasteiger charge is 2.18. The Kier molecular flexibility index (Phi) is 5.25. The van der Waals surface area contributed by atoms with Crippen molar-refractivity contribution in [2.45, 2.75) is 32.2 Å². The Bertz CT molecular complexity index is 716. The third-order valence-electron chi connectivity index (χ3n) is 3.94. The number of hydrogen-bond donors (Lipinski definition) is 1. The van der Waals surface area contributed by atoms with Crippen molar-refractivity contribution in [3.8, 4) is 0 Å². The van der Waals surface area contributed by atoms with E-state index in [0.29, 0.717) is 4.88 Å². The Morgan fingerprint density at radius 1 is 1.17 bits per heavy atom. The molecule has 0 radical (unpaired) electrons. The van der Waals surface area contributed by atoms with Crippen molar-refractivity contribution in [3.63, 3.8) is 0 Å². The molecule has 3 rings (SSSR count). The van der Waals surface area contributed by atoms with E-state index in [1.165, 1.54) is 33.9 Å². The summed E-state index contributed by atoms with van der Waals surface area (Å²) in [5, 5.41) is 2.64. The van der Waals surface area contributed by atoms with E-state index >= 15 is 0 Å². The lowest BCUT2D eigenvalue weighted by atomic mass is 9.99. The summed E-state index contributed by atoms with van der Waals surface area (Å²) in [6.07, 6.45) is 4.35. The molecule has 1 aliphatic rings. The molecule has 1 aromatic heterocycles. The predicted octanol–water partition coefficient (Wildman–Crippen LogP) is 3.24. The number of thiophene rings is 1. The molecule has 1 N–H and O–H groups in total. The zero-order valence-electron chi connectivity index (χ0n) is 13.1. The molecule has 0 spiro atoms. The van der Waals surface area contributed by atoms with E-state index in [0.717, 1.165) is 31.2 Å². The molecular weight excluding hydrogens is 329 g/mol. The van der Waals surface area contributed by atoms with E-state index in [1.54, 1.807) is 12.1 Å². The zero-order chi connectivity index (χ0) is 16.9. The summed E-state index contributed by atoms with van der Waals surface area (Å²) in [4.78, 5) is 25.6. The van der Waals surface area contributed by atoms with Crippen LogP contribution < -0.4 is 5.32 Å². The number of nitrogens with one attached hydrogen (secondary N) is 1. The quantitative estimate of drug-likeness (QED) is 0.845. The number of benzene rings is 1. The standard InChI is InChI=1S/C18H18FNO3S/c19-14-7-5-12(6-8-14)10-20-17(21)11-23-18(22)16-9-13-3-1-2-4-15(13)24-16/h5-9H,1-4,10-11H2,(H,20,21). The van der Waals surface area contributed by atoms with Crippen LogP contribution in [0.15, 0.2) is 30.3 Å². The Morgan fingerprint density at radius 3 is 2.67 bits per heavy atom. The van der Waals surface area contributed by atoms with Gasteiger partial charge in [0.05, 0.1) is 0 Å². The second-order valence-corrected chi connectivity index (χ2v) is 6.88. The highest BCUT2D eigenvalue weighted by Crippen LogP contribution is 2.29. The van der Waals surface area contributed by atoms with Crippen LogP contribution in [0.2, 0.25) is 0 Å². The van der Waals surface area contributed by atoms with Gasteiger partial charge in [-0.25, -0.2) is 9.18 Å². The van der Waals surface area contributed by atoms with Crippen LogP contribution in [0.1, 0.15) is 38.5 Å². The number of carbonyl (C=O) groups excluding carboxylic acids is 2. The average molecular weight is 347 g/mol. The van der Waals surface area contributed by atoms with Crippen molar-refractivity contribution in [1.29, 1.82) is 0 Å². The Morgan fingerprint density at radius 2 is 1.92 bits per heavy atom. The molecule has 0 bridgehead atoms. The highest BCUT2D eigenvalue weighted by molar-refractivity contribution is 7.14. The van der Waals surface area contributed by atoms with Gasteiger partial charge in [-0.2, -0.15) is 0 Å². The molecule has 126 valence electrons. The molecule has 1 aliphatic carbocycles. The summed E-state index contributed by atoms with van der Waals surface area (Å²) in [6.45, 7) is -0.0491. The summed E-state index contributed by atoms with van der Waals surface area (Å²) in [6, 6.07) is 7.74. The van der Waals surface area contributed by atoms with Gasteiger partial charge in [0.1, 0.15) is 10.7 Å². The fourth-order valence-electron chi connectivity index (χ4n) is 2.65. The molecule has 0 saturated carbocycles. The van der Waals surface area contributed by atoms with E-state index in [4.69, 9.17) is 4.74 Å². The van der Waals surface area contributed by atoms with Crippen LogP contribution in [0.25, 0.3) is 0 Å². The number of esters is 1. The number of halogens is 1. The van der Waals surface area contributed by atoms with Crippen molar-refractivity contribution in [2.24, 2.45) is 0 Å². The van der Waals surface area contributed by atoms with Crippen molar-refractivity contribution in [1.82, 2.24) is 5.32 Å². The van der Waals surface area contributed by atoms with Gasteiger partial charge in [-0.05, 0) is 55.0 Å². The van der Waals surface area contributed by atoms with Gasteiger partial charge in [-0.3, -0.25) is 4.79 Å². The number of hydrogen-bond acceptors (Lipinski definition) is 4. The lowest BCUT2D eigenvalue weighted by Crippen LogP contribution is -2.28. The molecule has 1 aromatic carbocycles. The Labute approximate surface area is 143 Å². The third kappa shape index (κ3) is 4.20. The molecule has 4 nitrogen and oxygen atoms in total. The topological polar surface area (TPSA) is 55.4 Å². The van der Waals surface area contributed by atoms with Gasteiger partial charge in [0, 0.05) is 11.4 Å². The maximum atomic E-state index is 12.8. The fraction of sp³-hybridized carbons (Fsp3) is 0.333. The minimum Gasteiger partial charge on any atom is -0.451 e. The van der Waals surface area contributed by atoms with Crippen molar-refractivity contribution < 1.29 is 18.7 Å². The second-order valence-electron chi connectivity index (χ2n) is 5.75. The lowest BCUT2D eigenvalue weighted by molar-refractivity contribution is -0.124. The molecule has 1 amide bonds. The van der Waals surface area contributed by atoms with Crippen LogP contribution in [-0.4, -0.2) is 18.5 Å². The van der Waals surface area contributed by atoms with Crippen molar-refractivity contribution >= 4 is 23.2 Å². The SMILES string of the molecule is O=C(COC(=O)c1cc2c(s1)CCCC2)NCc1ccc(F)cc1. The van der Waals surface area contributed by atoms with Gasteiger partial charge in [0.25, 0.3) is 5.91 Å². The number of carbonyl (C=O) groups is 2. The maximum Gasteiger partial charge on any atom is 0.348 e. The van der Waals surface area contributed by atoms with Crippen LogP contribution in [0.4, 0.5) is 4.39 Å². The van der Waals surface area contributed by atoms with Gasteiger partial charge in [-0.1, -0.05) is 12.1 Å². The largest absolute Gasteiger partial charge is 0.451 e. The lowest BCUT2D eigenvalue weighted by Gasteiger charge is -2.08. The highest BCUT2D eigenvalue weighted by atomic mass is 32.1. The summed E-state index contributed by atoms with van der Waals surface area (Å²) in [7, 11) is 0. The van der Waals surface area contributed by atoms with E-state index in [2.05, 4.69) is 5.32 Å². The van der Waals surface area contributed by atoms with Crippen molar-refractivity contribution in [3.05, 3.63) is 57.0 Å². The average Bonchev–Trinajstić information content (AvgIpc) is 3.03. The van der Waals surface area contributed by atoms with Gasteiger partial charge in [-0.15, -0.1) is 11.3 Å². The monoisotopic (exact) mass is 347 g/mol. The minimum absolute atomic E-state index is 0.268. The molecule has 0 saturated heterocycles. The summed E-state index contributed by atoms with van der Waals surface area (Å²) < 4.78 is 17.9. The maximum absolute atomic E-state index is 12.8. The minimum atomic E-state index is -0.452. The van der Waals surface area contributed by atoms with Gasteiger partial charge in [0.2, 0.25) is 0 Å². The molecule has 6 heteroatoms. The molecule has 0 atom stereocenters. The van der Waals surface area contributed by atoms with E-state index in [-0.39, 0.29) is 24.9 Å². The molecule has 2 aromatic rings. The number of amides is 1. The van der Waals surface area contributed by atoms with Gasteiger partial charge < -0.3 is 10.1 Å². The first-order valence-electron chi connectivity index (χ1n) is 7.91. The first kappa shape index (κ1) is 16.6. The normalized spacial score (nSPS) is 13.2. The van der Waals surface area contributed by atoms with Gasteiger partial charge >= 0.3 is 5.97 Å². The summed E-state index contributed by atoms with van der Waals surface area (Å²) >= 11 is 1.46. The number of aryl methyl sites for hydroxylation is 2.